The first-order valence-electron chi connectivity index (χ1n) is 4.64. The summed E-state index contributed by atoms with van der Waals surface area (Å²) in [5, 5.41) is 4.23. The van der Waals surface area contributed by atoms with Gasteiger partial charge in [-0.05, 0) is 18.6 Å². The number of pyridine rings is 1. The zero-order chi connectivity index (χ0) is 9.10. The molecule has 0 aliphatic carbocycles. The van der Waals surface area contributed by atoms with E-state index >= 15 is 0 Å². The molecule has 0 radical (unpaired) electrons. The van der Waals surface area contributed by atoms with Crippen LogP contribution >= 0.6 is 11.8 Å². The summed E-state index contributed by atoms with van der Waals surface area (Å²) in [5.41, 5.74) is 0. The van der Waals surface area contributed by atoms with Gasteiger partial charge >= 0.3 is 0 Å². The Labute approximate surface area is 83.1 Å². The molecule has 1 N–H and O–H groups in total. The highest BCUT2D eigenvalue weighted by Crippen LogP contribution is 2.27. The summed E-state index contributed by atoms with van der Waals surface area (Å²) >= 11 is 2.03. The second-order valence-electron chi connectivity index (χ2n) is 3.44. The second-order valence-corrected chi connectivity index (χ2v) is 4.91. The van der Waals surface area contributed by atoms with Crippen LogP contribution in [0.3, 0.4) is 0 Å². The molecule has 2 nitrogen and oxygen atoms in total. The highest BCUT2D eigenvalue weighted by Gasteiger charge is 2.21. The van der Waals surface area contributed by atoms with Crippen LogP contribution in [0.25, 0.3) is 0 Å². The van der Waals surface area contributed by atoms with Crippen molar-refractivity contribution in [1.82, 2.24) is 4.98 Å². The molecule has 0 spiro atoms. The lowest BCUT2D eigenvalue weighted by Gasteiger charge is -2.11. The summed E-state index contributed by atoms with van der Waals surface area (Å²) in [7, 11) is 0. The smallest absolute Gasteiger partial charge is 0.126 e. The van der Waals surface area contributed by atoms with E-state index < -0.39 is 0 Å². The van der Waals surface area contributed by atoms with E-state index in [0.29, 0.717) is 6.04 Å². The normalized spacial score (nSPS) is 27.5. The van der Waals surface area contributed by atoms with E-state index in [0.717, 1.165) is 11.1 Å². The number of nitrogens with one attached hydrogen (secondary N) is 1. The standard InChI is InChI=1S/C10H14N2S/c1-8-6-9(7-13-8)12-10-4-2-3-5-11-10/h2-5,8-9H,6-7H2,1H3,(H,11,12). The minimum atomic E-state index is 0.606. The monoisotopic (exact) mass is 194 g/mol. The van der Waals surface area contributed by atoms with E-state index in [4.69, 9.17) is 0 Å². The first-order chi connectivity index (χ1) is 6.34. The molecule has 3 heteroatoms. The quantitative estimate of drug-likeness (QED) is 0.782. The van der Waals surface area contributed by atoms with Gasteiger partial charge in [-0.1, -0.05) is 13.0 Å². The minimum absolute atomic E-state index is 0.606. The molecule has 0 saturated carbocycles. The Morgan fingerprint density at radius 2 is 2.46 bits per heavy atom. The molecule has 1 saturated heterocycles. The SMILES string of the molecule is CC1CC(Nc2ccccn2)CS1. The van der Waals surface area contributed by atoms with Gasteiger partial charge in [0.15, 0.2) is 0 Å². The summed E-state index contributed by atoms with van der Waals surface area (Å²) in [6.45, 7) is 2.28. The molecular weight excluding hydrogens is 180 g/mol. The summed E-state index contributed by atoms with van der Waals surface area (Å²) in [4.78, 5) is 4.25. The molecule has 0 bridgehead atoms. The van der Waals surface area contributed by atoms with E-state index in [1.807, 2.05) is 36.2 Å². The number of thioether (sulfide) groups is 1. The van der Waals surface area contributed by atoms with Crippen LogP contribution in [0.4, 0.5) is 5.82 Å². The molecule has 1 aliphatic rings. The summed E-state index contributed by atoms with van der Waals surface area (Å²) in [5.74, 6) is 2.21. The Kier molecular flexibility index (Phi) is 2.74. The van der Waals surface area contributed by atoms with Crippen LogP contribution < -0.4 is 5.32 Å². The number of hydrogen-bond donors (Lipinski definition) is 1. The molecular formula is C10H14N2S. The van der Waals surface area contributed by atoms with Gasteiger partial charge in [-0.3, -0.25) is 0 Å². The molecule has 2 heterocycles. The van der Waals surface area contributed by atoms with E-state index in [-0.39, 0.29) is 0 Å². The maximum atomic E-state index is 4.25. The van der Waals surface area contributed by atoms with Crippen molar-refractivity contribution >= 4 is 17.6 Å². The molecule has 1 aromatic rings. The highest BCUT2D eigenvalue weighted by atomic mass is 32.2. The molecule has 1 fully saturated rings. The fourth-order valence-electron chi connectivity index (χ4n) is 1.58. The van der Waals surface area contributed by atoms with Crippen molar-refractivity contribution in [2.24, 2.45) is 0 Å². The van der Waals surface area contributed by atoms with Crippen molar-refractivity contribution in [3.63, 3.8) is 0 Å². The Hall–Kier alpha value is -0.700. The lowest BCUT2D eigenvalue weighted by molar-refractivity contribution is 0.743. The van der Waals surface area contributed by atoms with Crippen LogP contribution in [-0.4, -0.2) is 22.0 Å². The number of nitrogens with zero attached hydrogens (tertiary/aromatic N) is 1. The molecule has 1 aromatic heterocycles. The largest absolute Gasteiger partial charge is 0.366 e. The van der Waals surface area contributed by atoms with Crippen molar-refractivity contribution in [1.29, 1.82) is 0 Å². The van der Waals surface area contributed by atoms with Crippen molar-refractivity contribution in [2.45, 2.75) is 24.6 Å². The van der Waals surface area contributed by atoms with E-state index in [2.05, 4.69) is 17.2 Å². The molecule has 1 aliphatic heterocycles. The van der Waals surface area contributed by atoms with Crippen molar-refractivity contribution < 1.29 is 0 Å². The number of hydrogen-bond acceptors (Lipinski definition) is 3. The first-order valence-corrected chi connectivity index (χ1v) is 5.68. The highest BCUT2D eigenvalue weighted by molar-refractivity contribution is 8.00. The van der Waals surface area contributed by atoms with Crippen LogP contribution in [0.2, 0.25) is 0 Å². The molecule has 2 unspecified atom stereocenters. The Bertz CT molecular complexity index is 263. The van der Waals surface area contributed by atoms with Gasteiger partial charge < -0.3 is 5.32 Å². The predicted molar refractivity (Wildman–Crippen MR) is 58.2 cm³/mol. The van der Waals surface area contributed by atoms with E-state index in [1.54, 1.807) is 0 Å². The lowest BCUT2D eigenvalue weighted by Crippen LogP contribution is -2.19. The van der Waals surface area contributed by atoms with Gasteiger partial charge in [0.05, 0.1) is 0 Å². The van der Waals surface area contributed by atoms with Gasteiger partial charge in [0.2, 0.25) is 0 Å². The number of anilines is 1. The number of aromatic nitrogens is 1. The minimum Gasteiger partial charge on any atom is -0.366 e. The lowest BCUT2D eigenvalue weighted by atomic mass is 10.2. The van der Waals surface area contributed by atoms with Crippen LogP contribution in [0.1, 0.15) is 13.3 Å². The predicted octanol–water partition coefficient (Wildman–Crippen LogP) is 2.39. The maximum absolute atomic E-state index is 4.25. The van der Waals surface area contributed by atoms with Crippen LogP contribution in [0, 0.1) is 0 Å². The molecule has 2 rings (SSSR count). The summed E-state index contributed by atoms with van der Waals surface area (Å²) in [6.07, 6.45) is 3.08. The van der Waals surface area contributed by atoms with Crippen LogP contribution in [-0.2, 0) is 0 Å². The Balaban J connectivity index is 1.92. The van der Waals surface area contributed by atoms with Gasteiger partial charge in [0.25, 0.3) is 0 Å². The third-order valence-electron chi connectivity index (χ3n) is 2.22. The van der Waals surface area contributed by atoms with Crippen LogP contribution in [0.15, 0.2) is 24.4 Å². The topological polar surface area (TPSA) is 24.9 Å². The maximum Gasteiger partial charge on any atom is 0.126 e. The summed E-state index contributed by atoms with van der Waals surface area (Å²) in [6, 6.07) is 6.58. The van der Waals surface area contributed by atoms with Crippen molar-refractivity contribution in [3.8, 4) is 0 Å². The fourth-order valence-corrected chi connectivity index (χ4v) is 2.72. The van der Waals surface area contributed by atoms with E-state index in [9.17, 15) is 0 Å². The van der Waals surface area contributed by atoms with Gasteiger partial charge in [-0.25, -0.2) is 4.98 Å². The number of rotatable bonds is 2. The second kappa shape index (κ2) is 4.01. The van der Waals surface area contributed by atoms with Gasteiger partial charge in [-0.15, -0.1) is 0 Å². The van der Waals surface area contributed by atoms with Gasteiger partial charge in [0.1, 0.15) is 5.82 Å². The zero-order valence-electron chi connectivity index (χ0n) is 7.73. The van der Waals surface area contributed by atoms with Crippen LogP contribution in [0.5, 0.6) is 0 Å². The molecule has 70 valence electrons. The van der Waals surface area contributed by atoms with E-state index in [1.165, 1.54) is 12.2 Å². The van der Waals surface area contributed by atoms with Gasteiger partial charge in [0, 0.05) is 23.2 Å². The Morgan fingerprint density at radius 3 is 3.08 bits per heavy atom. The third-order valence-corrected chi connectivity index (χ3v) is 3.57. The fraction of sp³-hybridized carbons (Fsp3) is 0.500. The average molecular weight is 194 g/mol. The Morgan fingerprint density at radius 1 is 1.54 bits per heavy atom. The molecule has 13 heavy (non-hydrogen) atoms. The zero-order valence-corrected chi connectivity index (χ0v) is 8.55. The van der Waals surface area contributed by atoms with Crippen molar-refractivity contribution in [3.05, 3.63) is 24.4 Å². The average Bonchev–Trinajstić information content (AvgIpc) is 2.53. The third kappa shape index (κ3) is 2.37. The van der Waals surface area contributed by atoms with Crippen molar-refractivity contribution in [2.75, 3.05) is 11.1 Å². The van der Waals surface area contributed by atoms with Gasteiger partial charge in [-0.2, -0.15) is 11.8 Å². The first kappa shape index (κ1) is 8.88. The summed E-state index contributed by atoms with van der Waals surface area (Å²) < 4.78 is 0. The molecule has 0 amide bonds. The molecule has 2 atom stereocenters. The molecule has 0 aromatic carbocycles.